The summed E-state index contributed by atoms with van der Waals surface area (Å²) in [6.45, 7) is 8.61. The van der Waals surface area contributed by atoms with E-state index in [0.717, 1.165) is 28.9 Å². The van der Waals surface area contributed by atoms with Crippen molar-refractivity contribution in [2.24, 2.45) is 5.92 Å². The number of ether oxygens (including phenoxy) is 1. The highest BCUT2D eigenvalue weighted by molar-refractivity contribution is 5.76. The minimum absolute atomic E-state index is 0.0268. The van der Waals surface area contributed by atoms with Crippen LogP contribution in [0.5, 0.6) is 5.75 Å². The molecule has 4 nitrogen and oxygen atoms in total. The number of hydrogen-bond donors (Lipinski definition) is 2. The van der Waals surface area contributed by atoms with Gasteiger partial charge in [0.25, 0.3) is 0 Å². The van der Waals surface area contributed by atoms with Crippen molar-refractivity contribution in [2.45, 2.75) is 59.1 Å². The Balaban J connectivity index is 2.36. The topological polar surface area (TPSA) is 58.6 Å². The van der Waals surface area contributed by atoms with Crippen molar-refractivity contribution >= 4 is 5.91 Å². The van der Waals surface area contributed by atoms with Crippen LogP contribution in [0.3, 0.4) is 0 Å². The van der Waals surface area contributed by atoms with Gasteiger partial charge in [-0.25, -0.2) is 0 Å². The molecule has 1 aliphatic rings. The second-order valence-electron chi connectivity index (χ2n) is 6.53. The Hall–Kier alpha value is -1.55. The normalized spacial score (nSPS) is 18.5. The van der Waals surface area contributed by atoms with Gasteiger partial charge in [0, 0.05) is 24.0 Å². The Morgan fingerprint density at radius 3 is 2.82 bits per heavy atom. The van der Waals surface area contributed by atoms with Crippen molar-refractivity contribution in [1.29, 1.82) is 0 Å². The van der Waals surface area contributed by atoms with Crippen LogP contribution < -0.4 is 10.1 Å². The first kappa shape index (κ1) is 16.8. The molecule has 22 heavy (non-hydrogen) atoms. The molecule has 1 aromatic carbocycles. The molecule has 0 saturated carbocycles. The van der Waals surface area contributed by atoms with E-state index in [2.05, 4.69) is 25.2 Å². The number of nitrogens with one attached hydrogen (secondary N) is 1. The van der Waals surface area contributed by atoms with Gasteiger partial charge in [-0.1, -0.05) is 32.4 Å². The molecule has 1 amide bonds. The number of aliphatic hydroxyl groups excluding tert-OH is 1. The largest absolute Gasteiger partial charge is 0.493 e. The number of rotatable bonds is 5. The number of hydrogen-bond acceptors (Lipinski definition) is 3. The van der Waals surface area contributed by atoms with Gasteiger partial charge in [-0.2, -0.15) is 0 Å². The van der Waals surface area contributed by atoms with Crippen molar-refractivity contribution in [1.82, 2.24) is 5.32 Å². The second kappa shape index (κ2) is 7.14. The minimum Gasteiger partial charge on any atom is -0.493 e. The molecular weight excluding hydrogens is 278 g/mol. The molecule has 2 unspecified atom stereocenters. The van der Waals surface area contributed by atoms with Gasteiger partial charge in [-0.05, 0) is 25.3 Å². The zero-order valence-electron chi connectivity index (χ0n) is 14.0. The molecule has 2 atom stereocenters. The first-order valence-electron chi connectivity index (χ1n) is 8.17. The maximum Gasteiger partial charge on any atom is 0.220 e. The van der Waals surface area contributed by atoms with E-state index in [1.165, 1.54) is 0 Å². The fourth-order valence-corrected chi connectivity index (χ4v) is 2.96. The van der Waals surface area contributed by atoms with Gasteiger partial charge in [0.1, 0.15) is 5.75 Å². The van der Waals surface area contributed by atoms with Crippen LogP contribution in [0.4, 0.5) is 0 Å². The summed E-state index contributed by atoms with van der Waals surface area (Å²) in [4.78, 5) is 11.7. The van der Waals surface area contributed by atoms with E-state index in [-0.39, 0.29) is 11.9 Å². The molecule has 0 radical (unpaired) electrons. The summed E-state index contributed by atoms with van der Waals surface area (Å²) in [7, 11) is 0. The van der Waals surface area contributed by atoms with Gasteiger partial charge in [0.05, 0.1) is 18.8 Å². The Labute approximate surface area is 132 Å². The SMILES string of the molecule is CCC(=O)NC1CCOc2c(C(O)CC(C)C)cc(C)cc21. The molecule has 0 saturated heterocycles. The van der Waals surface area contributed by atoms with E-state index in [0.29, 0.717) is 25.4 Å². The van der Waals surface area contributed by atoms with Crippen LogP contribution in [0, 0.1) is 12.8 Å². The molecule has 0 aliphatic carbocycles. The molecule has 0 fully saturated rings. The van der Waals surface area contributed by atoms with E-state index in [4.69, 9.17) is 4.74 Å². The fourth-order valence-electron chi connectivity index (χ4n) is 2.96. The number of fused-ring (bicyclic) bond motifs is 1. The molecule has 1 aliphatic heterocycles. The quantitative estimate of drug-likeness (QED) is 0.876. The standard InChI is InChI=1S/C18H27NO3/c1-5-17(21)19-15-6-7-22-18-13(15)9-12(4)10-14(18)16(20)8-11(2)3/h9-11,15-16,20H,5-8H2,1-4H3,(H,19,21). The van der Waals surface area contributed by atoms with E-state index in [1.807, 2.05) is 19.9 Å². The van der Waals surface area contributed by atoms with Crippen molar-refractivity contribution in [3.8, 4) is 5.75 Å². The average Bonchev–Trinajstić information content (AvgIpc) is 2.46. The van der Waals surface area contributed by atoms with Crippen molar-refractivity contribution in [3.05, 3.63) is 28.8 Å². The van der Waals surface area contributed by atoms with Crippen LogP contribution in [-0.4, -0.2) is 17.6 Å². The average molecular weight is 305 g/mol. The van der Waals surface area contributed by atoms with Crippen LogP contribution in [0.1, 0.15) is 68.9 Å². The molecule has 122 valence electrons. The lowest BCUT2D eigenvalue weighted by atomic mass is 9.90. The van der Waals surface area contributed by atoms with Crippen LogP contribution in [-0.2, 0) is 4.79 Å². The van der Waals surface area contributed by atoms with Crippen LogP contribution in [0.15, 0.2) is 12.1 Å². The molecule has 2 rings (SSSR count). The van der Waals surface area contributed by atoms with Crippen LogP contribution in [0.2, 0.25) is 0 Å². The number of carbonyl (C=O) groups excluding carboxylic acids is 1. The molecule has 1 heterocycles. The Kier molecular flexibility index (Phi) is 5.46. The van der Waals surface area contributed by atoms with Gasteiger partial charge in [-0.3, -0.25) is 4.79 Å². The smallest absolute Gasteiger partial charge is 0.220 e. The number of aryl methyl sites for hydroxylation is 1. The number of benzene rings is 1. The van der Waals surface area contributed by atoms with Gasteiger partial charge in [0.15, 0.2) is 0 Å². The summed E-state index contributed by atoms with van der Waals surface area (Å²) in [5.74, 6) is 1.21. The molecular formula is C18H27NO3. The van der Waals surface area contributed by atoms with Gasteiger partial charge in [-0.15, -0.1) is 0 Å². The van der Waals surface area contributed by atoms with Gasteiger partial charge < -0.3 is 15.2 Å². The highest BCUT2D eigenvalue weighted by Gasteiger charge is 2.27. The summed E-state index contributed by atoms with van der Waals surface area (Å²) >= 11 is 0. The number of amides is 1. The van der Waals surface area contributed by atoms with E-state index >= 15 is 0 Å². The number of aliphatic hydroxyl groups is 1. The first-order chi connectivity index (χ1) is 10.4. The maximum atomic E-state index is 11.7. The van der Waals surface area contributed by atoms with Crippen molar-refractivity contribution in [3.63, 3.8) is 0 Å². The van der Waals surface area contributed by atoms with E-state index in [9.17, 15) is 9.90 Å². The number of carbonyl (C=O) groups is 1. The zero-order chi connectivity index (χ0) is 16.3. The molecule has 0 spiro atoms. The minimum atomic E-state index is -0.533. The van der Waals surface area contributed by atoms with Crippen molar-refractivity contribution in [2.75, 3.05) is 6.61 Å². The molecule has 4 heteroatoms. The summed E-state index contributed by atoms with van der Waals surface area (Å²) in [6, 6.07) is 4.03. The second-order valence-corrected chi connectivity index (χ2v) is 6.53. The summed E-state index contributed by atoms with van der Waals surface area (Å²) in [5.41, 5.74) is 2.92. The molecule has 1 aromatic rings. The third kappa shape index (κ3) is 3.80. The zero-order valence-corrected chi connectivity index (χ0v) is 14.0. The third-order valence-corrected chi connectivity index (χ3v) is 4.03. The van der Waals surface area contributed by atoms with Crippen LogP contribution in [0.25, 0.3) is 0 Å². The Morgan fingerprint density at radius 2 is 2.18 bits per heavy atom. The summed E-state index contributed by atoms with van der Waals surface area (Å²) < 4.78 is 5.85. The lowest BCUT2D eigenvalue weighted by Crippen LogP contribution is -2.32. The van der Waals surface area contributed by atoms with Crippen molar-refractivity contribution < 1.29 is 14.6 Å². The monoisotopic (exact) mass is 305 g/mol. The van der Waals surface area contributed by atoms with E-state index in [1.54, 1.807) is 0 Å². The summed E-state index contributed by atoms with van der Waals surface area (Å²) in [6.07, 6.45) is 1.41. The highest BCUT2D eigenvalue weighted by Crippen LogP contribution is 2.40. The molecule has 2 N–H and O–H groups in total. The predicted octanol–water partition coefficient (Wildman–Crippen LogP) is 3.42. The fraction of sp³-hybridized carbons (Fsp3) is 0.611. The van der Waals surface area contributed by atoms with E-state index < -0.39 is 6.10 Å². The Bertz CT molecular complexity index is 539. The van der Waals surface area contributed by atoms with Crippen LogP contribution >= 0.6 is 0 Å². The highest BCUT2D eigenvalue weighted by atomic mass is 16.5. The summed E-state index contributed by atoms with van der Waals surface area (Å²) in [5, 5.41) is 13.6. The lowest BCUT2D eigenvalue weighted by Gasteiger charge is -2.30. The molecule has 0 bridgehead atoms. The lowest BCUT2D eigenvalue weighted by molar-refractivity contribution is -0.121. The molecule has 0 aromatic heterocycles. The third-order valence-electron chi connectivity index (χ3n) is 4.03. The first-order valence-corrected chi connectivity index (χ1v) is 8.17. The predicted molar refractivity (Wildman–Crippen MR) is 86.9 cm³/mol. The maximum absolute atomic E-state index is 11.7. The van der Waals surface area contributed by atoms with Gasteiger partial charge in [0.2, 0.25) is 5.91 Å². The van der Waals surface area contributed by atoms with Gasteiger partial charge >= 0.3 is 0 Å². The Morgan fingerprint density at radius 1 is 1.45 bits per heavy atom.